The van der Waals surface area contributed by atoms with Crippen LogP contribution >= 0.6 is 0 Å². The maximum Gasteiger partial charge on any atom is 0.253 e. The van der Waals surface area contributed by atoms with Crippen molar-refractivity contribution >= 4 is 5.91 Å². The van der Waals surface area contributed by atoms with Crippen LogP contribution in [0, 0.1) is 6.92 Å². The van der Waals surface area contributed by atoms with Gasteiger partial charge in [0, 0.05) is 31.5 Å². The molecule has 24 heavy (non-hydrogen) atoms. The van der Waals surface area contributed by atoms with Crippen LogP contribution in [-0.4, -0.2) is 29.5 Å². The van der Waals surface area contributed by atoms with Crippen LogP contribution < -0.4 is 4.74 Å². The zero-order valence-corrected chi connectivity index (χ0v) is 14.1. The molecule has 0 unspecified atom stereocenters. The molecular formula is C21H23NO2. The number of nitrogens with zero attached hydrogens (tertiary/aromatic N) is 1. The van der Waals surface area contributed by atoms with Gasteiger partial charge in [0.1, 0.15) is 11.4 Å². The number of aryl methyl sites for hydroxylation is 2. The average molecular weight is 321 g/mol. The van der Waals surface area contributed by atoms with Crippen LogP contribution in [0.4, 0.5) is 0 Å². The zero-order valence-electron chi connectivity index (χ0n) is 14.1. The standard InChI is InChI=1S/C21H23NO2/c1-16-6-8-18(9-7-16)20(23)22-14-12-21(13-15-22)11-10-17-4-2-3-5-19(17)24-21/h2-9H,10-15H2,1H3. The lowest BCUT2D eigenvalue weighted by Crippen LogP contribution is -2.51. The molecule has 1 fully saturated rings. The van der Waals surface area contributed by atoms with Gasteiger partial charge in [-0.2, -0.15) is 0 Å². The number of likely N-dealkylation sites (tertiary alicyclic amines) is 1. The Hall–Kier alpha value is -2.29. The van der Waals surface area contributed by atoms with Crippen molar-refractivity contribution in [2.45, 2.75) is 38.2 Å². The molecule has 1 amide bonds. The minimum absolute atomic E-state index is 0.0849. The Morgan fingerprint density at radius 3 is 2.46 bits per heavy atom. The topological polar surface area (TPSA) is 29.5 Å². The predicted molar refractivity (Wildman–Crippen MR) is 94.4 cm³/mol. The van der Waals surface area contributed by atoms with E-state index in [1.165, 1.54) is 11.1 Å². The largest absolute Gasteiger partial charge is 0.487 e. The number of amides is 1. The zero-order chi connectivity index (χ0) is 16.6. The van der Waals surface area contributed by atoms with E-state index in [1.54, 1.807) is 0 Å². The smallest absolute Gasteiger partial charge is 0.253 e. The molecule has 2 aromatic carbocycles. The van der Waals surface area contributed by atoms with Crippen LogP contribution in [0.15, 0.2) is 48.5 Å². The fourth-order valence-corrected chi connectivity index (χ4v) is 3.80. The van der Waals surface area contributed by atoms with Crippen LogP contribution in [0.2, 0.25) is 0 Å². The van der Waals surface area contributed by atoms with E-state index in [4.69, 9.17) is 4.74 Å². The second kappa shape index (κ2) is 5.97. The van der Waals surface area contributed by atoms with Crippen LogP contribution in [0.1, 0.15) is 40.7 Å². The van der Waals surface area contributed by atoms with E-state index in [0.717, 1.165) is 50.1 Å². The van der Waals surface area contributed by atoms with Crippen molar-refractivity contribution in [3.63, 3.8) is 0 Å². The van der Waals surface area contributed by atoms with Gasteiger partial charge in [0.05, 0.1) is 0 Å². The van der Waals surface area contributed by atoms with Crippen molar-refractivity contribution in [2.75, 3.05) is 13.1 Å². The number of ether oxygens (including phenoxy) is 1. The van der Waals surface area contributed by atoms with Gasteiger partial charge in [-0.15, -0.1) is 0 Å². The Morgan fingerprint density at radius 2 is 1.71 bits per heavy atom. The molecule has 3 heteroatoms. The number of hydrogen-bond acceptors (Lipinski definition) is 2. The maximum absolute atomic E-state index is 12.7. The van der Waals surface area contributed by atoms with Crippen molar-refractivity contribution in [3.8, 4) is 5.75 Å². The summed E-state index contributed by atoms with van der Waals surface area (Å²) in [5.74, 6) is 1.17. The first kappa shape index (κ1) is 15.3. The van der Waals surface area contributed by atoms with Gasteiger partial charge >= 0.3 is 0 Å². The molecule has 0 N–H and O–H groups in total. The van der Waals surface area contributed by atoms with E-state index in [9.17, 15) is 4.79 Å². The molecule has 124 valence electrons. The van der Waals surface area contributed by atoms with Gasteiger partial charge < -0.3 is 9.64 Å². The van der Waals surface area contributed by atoms with Crippen molar-refractivity contribution in [1.29, 1.82) is 0 Å². The number of para-hydroxylation sites is 1. The minimum Gasteiger partial charge on any atom is -0.487 e. The monoisotopic (exact) mass is 321 g/mol. The van der Waals surface area contributed by atoms with Gasteiger partial charge in [-0.1, -0.05) is 35.9 Å². The number of benzene rings is 2. The number of carbonyl (C=O) groups is 1. The fourth-order valence-electron chi connectivity index (χ4n) is 3.80. The molecule has 3 nitrogen and oxygen atoms in total. The van der Waals surface area contributed by atoms with Gasteiger partial charge in [-0.25, -0.2) is 0 Å². The summed E-state index contributed by atoms with van der Waals surface area (Å²) in [6, 6.07) is 16.2. The quantitative estimate of drug-likeness (QED) is 0.794. The van der Waals surface area contributed by atoms with E-state index in [1.807, 2.05) is 42.2 Å². The Kier molecular flexibility index (Phi) is 3.79. The summed E-state index contributed by atoms with van der Waals surface area (Å²) in [6.07, 6.45) is 3.95. The van der Waals surface area contributed by atoms with Crippen molar-refractivity contribution in [1.82, 2.24) is 4.90 Å². The highest BCUT2D eigenvalue weighted by Gasteiger charge is 2.40. The van der Waals surface area contributed by atoms with Gasteiger partial charge in [0.25, 0.3) is 5.91 Å². The molecule has 0 aromatic heterocycles. The maximum atomic E-state index is 12.7. The number of carbonyl (C=O) groups excluding carboxylic acids is 1. The molecule has 2 aliphatic rings. The SMILES string of the molecule is Cc1ccc(C(=O)N2CCC3(CCc4ccccc4O3)CC2)cc1. The second-order valence-corrected chi connectivity index (χ2v) is 7.05. The summed E-state index contributed by atoms with van der Waals surface area (Å²) < 4.78 is 6.37. The van der Waals surface area contributed by atoms with Gasteiger partial charge in [-0.05, 0) is 43.5 Å². The molecule has 0 saturated carbocycles. The number of fused-ring (bicyclic) bond motifs is 1. The second-order valence-electron chi connectivity index (χ2n) is 7.05. The van der Waals surface area contributed by atoms with Crippen molar-refractivity contribution in [2.24, 2.45) is 0 Å². The van der Waals surface area contributed by atoms with Crippen molar-refractivity contribution in [3.05, 3.63) is 65.2 Å². The summed E-state index contributed by atoms with van der Waals surface area (Å²) in [5.41, 5.74) is 3.18. The molecule has 0 radical (unpaired) electrons. The first-order valence-electron chi connectivity index (χ1n) is 8.78. The van der Waals surface area contributed by atoms with Crippen LogP contribution in [0.25, 0.3) is 0 Å². The van der Waals surface area contributed by atoms with E-state index >= 15 is 0 Å². The number of rotatable bonds is 1. The highest BCUT2D eigenvalue weighted by atomic mass is 16.5. The lowest BCUT2D eigenvalue weighted by Gasteiger charge is -2.44. The van der Waals surface area contributed by atoms with E-state index in [0.29, 0.717) is 0 Å². The molecule has 0 atom stereocenters. The Morgan fingerprint density at radius 1 is 1.00 bits per heavy atom. The summed E-state index contributed by atoms with van der Waals surface area (Å²) in [6.45, 7) is 3.58. The van der Waals surface area contributed by atoms with Gasteiger partial charge in [0.2, 0.25) is 0 Å². The predicted octanol–water partition coefficient (Wildman–Crippen LogP) is 4.00. The lowest BCUT2D eigenvalue weighted by atomic mass is 9.83. The molecule has 0 aliphatic carbocycles. The first-order valence-corrected chi connectivity index (χ1v) is 8.78. The van der Waals surface area contributed by atoms with E-state index in [-0.39, 0.29) is 11.5 Å². The van der Waals surface area contributed by atoms with Gasteiger partial charge in [-0.3, -0.25) is 4.79 Å². The molecule has 0 bridgehead atoms. The summed E-state index contributed by atoms with van der Waals surface area (Å²) in [7, 11) is 0. The number of piperidine rings is 1. The van der Waals surface area contributed by atoms with Crippen LogP contribution in [0.3, 0.4) is 0 Å². The highest BCUT2D eigenvalue weighted by molar-refractivity contribution is 5.94. The Bertz CT molecular complexity index is 743. The lowest BCUT2D eigenvalue weighted by molar-refractivity contribution is -0.0106. The summed E-state index contributed by atoms with van der Waals surface area (Å²) >= 11 is 0. The third-order valence-corrected chi connectivity index (χ3v) is 5.41. The Balaban J connectivity index is 1.44. The minimum atomic E-state index is -0.0849. The first-order chi connectivity index (χ1) is 11.7. The molecule has 2 heterocycles. The molecule has 2 aromatic rings. The van der Waals surface area contributed by atoms with E-state index in [2.05, 4.69) is 18.2 Å². The van der Waals surface area contributed by atoms with Gasteiger partial charge in [0.15, 0.2) is 0 Å². The fraction of sp³-hybridized carbons (Fsp3) is 0.381. The third-order valence-electron chi connectivity index (χ3n) is 5.41. The molecule has 4 rings (SSSR count). The molecular weight excluding hydrogens is 298 g/mol. The highest BCUT2D eigenvalue weighted by Crippen LogP contribution is 2.39. The molecule has 1 saturated heterocycles. The summed E-state index contributed by atoms with van der Waals surface area (Å²) in [4.78, 5) is 14.6. The summed E-state index contributed by atoms with van der Waals surface area (Å²) in [5, 5.41) is 0. The van der Waals surface area contributed by atoms with Crippen LogP contribution in [0.5, 0.6) is 5.75 Å². The third kappa shape index (κ3) is 2.79. The normalized spacial score (nSPS) is 18.8. The molecule has 1 spiro atoms. The van der Waals surface area contributed by atoms with E-state index < -0.39 is 0 Å². The average Bonchev–Trinajstić information content (AvgIpc) is 2.62. The molecule has 2 aliphatic heterocycles. The Labute approximate surface area is 143 Å². The van der Waals surface area contributed by atoms with Crippen LogP contribution in [-0.2, 0) is 6.42 Å². The van der Waals surface area contributed by atoms with Crippen molar-refractivity contribution < 1.29 is 9.53 Å². The number of hydrogen-bond donors (Lipinski definition) is 0.